The summed E-state index contributed by atoms with van der Waals surface area (Å²) in [5, 5.41) is 16.4. The molecule has 5 nitrogen and oxygen atoms in total. The van der Waals surface area contributed by atoms with Crippen LogP contribution in [0.5, 0.6) is 0 Å². The van der Waals surface area contributed by atoms with Crippen molar-refractivity contribution in [2.45, 2.75) is 33.7 Å². The Hall–Kier alpha value is -1.52. The van der Waals surface area contributed by atoms with Crippen molar-refractivity contribution in [3.63, 3.8) is 0 Å². The first-order valence-electron chi connectivity index (χ1n) is 5.34. The van der Waals surface area contributed by atoms with Gasteiger partial charge in [-0.3, -0.25) is 4.68 Å². The monoisotopic (exact) mass is 225 g/mol. The van der Waals surface area contributed by atoms with Crippen LogP contribution in [0.2, 0.25) is 0 Å². The number of aliphatic carboxylic acids is 1. The fourth-order valence-corrected chi connectivity index (χ4v) is 1.65. The zero-order valence-corrected chi connectivity index (χ0v) is 10.4. The number of carboxylic acid groups (broad SMARTS) is 1. The van der Waals surface area contributed by atoms with Crippen LogP contribution in [0.3, 0.4) is 0 Å². The number of nitrogens with zero attached hydrogens (tertiary/aromatic N) is 2. The predicted molar refractivity (Wildman–Crippen MR) is 62.6 cm³/mol. The van der Waals surface area contributed by atoms with Crippen LogP contribution in [-0.4, -0.2) is 26.9 Å². The Labute approximate surface area is 95.5 Å². The largest absolute Gasteiger partial charge is 0.480 e. The average Bonchev–Trinajstić information content (AvgIpc) is 2.38. The van der Waals surface area contributed by atoms with E-state index in [9.17, 15) is 4.79 Å². The number of nitrogens with one attached hydrogen (secondary N) is 1. The fourth-order valence-electron chi connectivity index (χ4n) is 1.65. The molecular formula is C11H19N3O2. The smallest absolute Gasteiger partial charge is 0.326 e. The molecule has 16 heavy (non-hydrogen) atoms. The lowest BCUT2D eigenvalue weighted by molar-refractivity contribution is -0.138. The van der Waals surface area contributed by atoms with Crippen LogP contribution in [0.25, 0.3) is 0 Å². The Morgan fingerprint density at radius 3 is 2.31 bits per heavy atom. The van der Waals surface area contributed by atoms with Crippen LogP contribution in [0.15, 0.2) is 0 Å². The van der Waals surface area contributed by atoms with Gasteiger partial charge in [0, 0.05) is 7.05 Å². The summed E-state index contributed by atoms with van der Waals surface area (Å²) in [6.07, 6.45) is 0. The zero-order valence-electron chi connectivity index (χ0n) is 10.4. The van der Waals surface area contributed by atoms with E-state index >= 15 is 0 Å². The first-order chi connectivity index (χ1) is 7.34. The normalized spacial score (nSPS) is 12.9. The van der Waals surface area contributed by atoms with Crippen LogP contribution >= 0.6 is 0 Å². The maximum atomic E-state index is 11.1. The van der Waals surface area contributed by atoms with Crippen molar-refractivity contribution in [2.75, 3.05) is 5.32 Å². The van der Waals surface area contributed by atoms with E-state index in [2.05, 4.69) is 10.4 Å². The summed E-state index contributed by atoms with van der Waals surface area (Å²) in [7, 11) is 1.85. The van der Waals surface area contributed by atoms with Crippen LogP contribution in [0, 0.1) is 19.8 Å². The highest BCUT2D eigenvalue weighted by Crippen LogP contribution is 2.21. The van der Waals surface area contributed by atoms with Crippen molar-refractivity contribution in [1.82, 2.24) is 9.78 Å². The third-order valence-corrected chi connectivity index (χ3v) is 2.74. The molecule has 90 valence electrons. The average molecular weight is 225 g/mol. The van der Waals surface area contributed by atoms with Crippen molar-refractivity contribution in [2.24, 2.45) is 13.0 Å². The maximum Gasteiger partial charge on any atom is 0.326 e. The highest BCUT2D eigenvalue weighted by Gasteiger charge is 2.23. The van der Waals surface area contributed by atoms with Gasteiger partial charge in [0.05, 0.1) is 17.1 Å². The molecule has 0 amide bonds. The number of carbonyl (C=O) groups is 1. The summed E-state index contributed by atoms with van der Waals surface area (Å²) < 4.78 is 1.75. The number of aromatic nitrogens is 2. The van der Waals surface area contributed by atoms with E-state index in [1.54, 1.807) is 4.68 Å². The molecule has 0 aliphatic heterocycles. The van der Waals surface area contributed by atoms with Crippen molar-refractivity contribution in [1.29, 1.82) is 0 Å². The summed E-state index contributed by atoms with van der Waals surface area (Å²) >= 11 is 0. The van der Waals surface area contributed by atoms with Gasteiger partial charge >= 0.3 is 5.97 Å². The lowest BCUT2D eigenvalue weighted by Gasteiger charge is -2.19. The van der Waals surface area contributed by atoms with E-state index in [-0.39, 0.29) is 5.92 Å². The molecule has 2 N–H and O–H groups in total. The fraction of sp³-hybridized carbons (Fsp3) is 0.636. The van der Waals surface area contributed by atoms with Crippen molar-refractivity contribution in [3.05, 3.63) is 11.4 Å². The minimum absolute atomic E-state index is 0.0245. The molecular weight excluding hydrogens is 206 g/mol. The van der Waals surface area contributed by atoms with Gasteiger partial charge in [0.25, 0.3) is 0 Å². The quantitative estimate of drug-likeness (QED) is 0.816. The van der Waals surface area contributed by atoms with Crippen molar-refractivity contribution in [3.8, 4) is 0 Å². The van der Waals surface area contributed by atoms with Crippen LogP contribution in [-0.2, 0) is 11.8 Å². The SMILES string of the molecule is Cc1nn(C)c(C)c1NC(C(=O)O)C(C)C. The second-order valence-corrected chi connectivity index (χ2v) is 4.37. The summed E-state index contributed by atoms with van der Waals surface area (Å²) in [6, 6.07) is -0.582. The molecule has 0 bridgehead atoms. The Morgan fingerprint density at radius 1 is 1.44 bits per heavy atom. The Kier molecular flexibility index (Phi) is 3.57. The maximum absolute atomic E-state index is 11.1. The molecule has 0 radical (unpaired) electrons. The molecule has 0 aliphatic carbocycles. The molecule has 1 aromatic heterocycles. The van der Waals surface area contributed by atoms with E-state index < -0.39 is 12.0 Å². The van der Waals surface area contributed by atoms with E-state index in [4.69, 9.17) is 5.11 Å². The Morgan fingerprint density at radius 2 is 2.00 bits per heavy atom. The van der Waals surface area contributed by atoms with Crippen LogP contribution in [0.1, 0.15) is 25.2 Å². The number of anilines is 1. The molecule has 5 heteroatoms. The highest BCUT2D eigenvalue weighted by molar-refractivity contribution is 5.78. The molecule has 1 heterocycles. The number of hydrogen-bond donors (Lipinski definition) is 2. The van der Waals surface area contributed by atoms with Crippen LogP contribution < -0.4 is 5.32 Å². The molecule has 0 aliphatic rings. The van der Waals surface area contributed by atoms with Crippen LogP contribution in [0.4, 0.5) is 5.69 Å². The topological polar surface area (TPSA) is 67.2 Å². The molecule has 1 unspecified atom stereocenters. The highest BCUT2D eigenvalue weighted by atomic mass is 16.4. The van der Waals surface area contributed by atoms with E-state index in [0.717, 1.165) is 17.1 Å². The van der Waals surface area contributed by atoms with Gasteiger partial charge < -0.3 is 10.4 Å². The van der Waals surface area contributed by atoms with Gasteiger partial charge in [-0.2, -0.15) is 5.10 Å². The van der Waals surface area contributed by atoms with E-state index in [1.807, 2.05) is 34.7 Å². The summed E-state index contributed by atoms with van der Waals surface area (Å²) in [5.41, 5.74) is 2.60. The molecule has 1 atom stereocenters. The molecule has 0 aromatic carbocycles. The Bertz CT molecular complexity index is 396. The number of aryl methyl sites for hydroxylation is 2. The third-order valence-electron chi connectivity index (χ3n) is 2.74. The lowest BCUT2D eigenvalue weighted by atomic mass is 10.0. The molecule has 0 fully saturated rings. The van der Waals surface area contributed by atoms with Gasteiger partial charge in [0.2, 0.25) is 0 Å². The van der Waals surface area contributed by atoms with Gasteiger partial charge in [-0.1, -0.05) is 13.8 Å². The van der Waals surface area contributed by atoms with Gasteiger partial charge in [-0.05, 0) is 19.8 Å². The standard InChI is InChI=1S/C11H19N3O2/c1-6(2)9(11(15)16)12-10-7(3)13-14(5)8(10)4/h6,9,12H,1-5H3,(H,15,16). The molecule has 0 saturated carbocycles. The molecule has 1 rings (SSSR count). The van der Waals surface area contributed by atoms with Gasteiger partial charge in [-0.15, -0.1) is 0 Å². The minimum Gasteiger partial charge on any atom is -0.480 e. The van der Waals surface area contributed by atoms with Crippen molar-refractivity contribution >= 4 is 11.7 Å². The van der Waals surface area contributed by atoms with Crippen molar-refractivity contribution < 1.29 is 9.90 Å². The first kappa shape index (κ1) is 12.5. The minimum atomic E-state index is -0.836. The number of carboxylic acids is 1. The molecule has 1 aromatic rings. The Balaban J connectivity index is 2.98. The van der Waals surface area contributed by atoms with Gasteiger partial charge in [0.1, 0.15) is 6.04 Å². The van der Waals surface area contributed by atoms with E-state index in [1.165, 1.54) is 0 Å². The zero-order chi connectivity index (χ0) is 12.5. The summed E-state index contributed by atoms with van der Waals surface area (Å²) in [6.45, 7) is 7.55. The first-order valence-corrected chi connectivity index (χ1v) is 5.34. The van der Waals surface area contributed by atoms with Gasteiger partial charge in [-0.25, -0.2) is 4.79 Å². The van der Waals surface area contributed by atoms with Gasteiger partial charge in [0.15, 0.2) is 0 Å². The summed E-state index contributed by atoms with van der Waals surface area (Å²) in [4.78, 5) is 11.1. The second-order valence-electron chi connectivity index (χ2n) is 4.37. The predicted octanol–water partition coefficient (Wildman–Crippen LogP) is 1.56. The molecule has 0 saturated heterocycles. The van der Waals surface area contributed by atoms with E-state index in [0.29, 0.717) is 0 Å². The number of rotatable bonds is 4. The molecule has 0 spiro atoms. The summed E-state index contributed by atoms with van der Waals surface area (Å²) in [5.74, 6) is -0.811. The number of hydrogen-bond acceptors (Lipinski definition) is 3. The second kappa shape index (κ2) is 4.55. The third kappa shape index (κ3) is 2.35. The lowest BCUT2D eigenvalue weighted by Crippen LogP contribution is -2.34.